The Labute approximate surface area is 604 Å². The Hall–Kier alpha value is -1.16. The number of esters is 1. The van der Waals surface area contributed by atoms with Gasteiger partial charge in [-0.1, -0.05) is 0 Å². The summed E-state index contributed by atoms with van der Waals surface area (Å²) in [6.45, 7) is 56.7. The number of hydrogen-bond donors (Lipinski definition) is 0. The Morgan fingerprint density at radius 2 is 0.273 bits per heavy atom. The van der Waals surface area contributed by atoms with Crippen molar-refractivity contribution < 1.29 is 118 Å². The normalized spacial score (nSPS) is 19.7. The van der Waals surface area contributed by atoms with E-state index in [2.05, 4.69) is 0 Å². The highest BCUT2D eigenvalue weighted by Crippen LogP contribution is 2.12. The maximum Gasteiger partial charge on any atom is 0.324 e. The third kappa shape index (κ3) is 60.7. The topological polar surface area (TPSA) is 239 Å². The van der Waals surface area contributed by atoms with Gasteiger partial charge in [-0.15, -0.1) is 11.6 Å². The van der Waals surface area contributed by atoms with Gasteiger partial charge in [0, 0.05) is 7.11 Å². The Morgan fingerprint density at radius 3 is 0.364 bits per heavy atom. The molecule has 0 aromatic carbocycles. The van der Waals surface area contributed by atoms with Crippen LogP contribution in [0.1, 0.15) is 166 Å². The third-order valence-corrected chi connectivity index (χ3v) is 14.8. The molecule has 25 nitrogen and oxygen atoms in total. The Bertz CT molecular complexity index is 1820. The number of rotatable bonds is 70. The van der Waals surface area contributed by atoms with Gasteiger partial charge >= 0.3 is 5.97 Å². The highest BCUT2D eigenvalue weighted by atomic mass is 35.5. The van der Waals surface area contributed by atoms with E-state index in [4.69, 9.17) is 125 Å². The Balaban J connectivity index is 4.06. The fraction of sp³-hybridized carbons (Fsp3) is 0.986. The first-order valence-electron chi connectivity index (χ1n) is 36.6. The average Bonchev–Trinajstić information content (AvgIpc) is 2.51. The molecular weight excluding hydrogens is 1310 g/mol. The zero-order valence-electron chi connectivity index (χ0n) is 66.2. The number of carbonyl (C=O) groups excluding carboxylic acids is 1. The quantitative estimate of drug-likeness (QED) is 0.0406. The maximum absolute atomic E-state index is 11.6. The van der Waals surface area contributed by atoms with E-state index in [9.17, 15) is 4.79 Å². The highest BCUT2D eigenvalue weighted by Gasteiger charge is 2.22. The molecular formula is C73H145ClO25. The van der Waals surface area contributed by atoms with E-state index in [0.717, 1.165) is 0 Å². The van der Waals surface area contributed by atoms with Crippen LogP contribution in [0.3, 0.4) is 0 Å². The molecule has 0 bridgehead atoms. The van der Waals surface area contributed by atoms with Crippen molar-refractivity contribution >= 4 is 17.6 Å². The molecule has 0 saturated carbocycles. The van der Waals surface area contributed by atoms with Crippen LogP contribution in [0.25, 0.3) is 0 Å². The van der Waals surface area contributed by atoms with Gasteiger partial charge in [0.25, 0.3) is 0 Å². The largest absolute Gasteiger partial charge is 0.459 e. The lowest BCUT2D eigenvalue weighted by Crippen LogP contribution is -2.31. The van der Waals surface area contributed by atoms with Gasteiger partial charge in [0.15, 0.2) is 0 Å². The Morgan fingerprint density at radius 1 is 0.182 bits per heavy atom. The summed E-state index contributed by atoms with van der Waals surface area (Å²) in [5.41, 5.74) is 0. The first-order chi connectivity index (χ1) is 46.7. The molecule has 99 heavy (non-hydrogen) atoms. The minimum atomic E-state index is -0.699. The zero-order chi connectivity index (χ0) is 74.7. The second-order valence-electron chi connectivity index (χ2n) is 27.5. The van der Waals surface area contributed by atoms with Crippen LogP contribution in [0.2, 0.25) is 0 Å². The molecule has 0 aliphatic rings. The van der Waals surface area contributed by atoms with Crippen molar-refractivity contribution in [1.29, 1.82) is 0 Å². The summed E-state index contributed by atoms with van der Waals surface area (Å²) >= 11 is 5.76. The molecule has 594 valence electrons. The van der Waals surface area contributed by atoms with Gasteiger partial charge in [0.1, 0.15) is 11.5 Å². The summed E-state index contributed by atoms with van der Waals surface area (Å²) in [4.78, 5) is 11.6. The minimum Gasteiger partial charge on any atom is -0.459 e. The number of halogens is 1. The molecule has 0 aromatic rings. The summed E-state index contributed by atoms with van der Waals surface area (Å²) in [7, 11) is 1.66. The van der Waals surface area contributed by atoms with Crippen molar-refractivity contribution in [3.05, 3.63) is 0 Å². The predicted octanol–water partition coefficient (Wildman–Crippen LogP) is 10.1. The van der Waals surface area contributed by atoms with E-state index >= 15 is 0 Å². The van der Waals surface area contributed by atoms with Crippen LogP contribution in [-0.2, 0) is 118 Å². The van der Waals surface area contributed by atoms with Crippen LogP contribution in [0.5, 0.6) is 0 Å². The van der Waals surface area contributed by atoms with E-state index < -0.39 is 17.5 Å². The first-order valence-corrected chi connectivity index (χ1v) is 37.1. The molecule has 0 aromatic heterocycles. The van der Waals surface area contributed by atoms with Crippen molar-refractivity contribution in [2.24, 2.45) is 0 Å². The molecule has 0 amide bonds. The lowest BCUT2D eigenvalue weighted by atomic mass is 10.3. The zero-order valence-corrected chi connectivity index (χ0v) is 67.0. The molecule has 0 N–H and O–H groups in total. The fourth-order valence-corrected chi connectivity index (χ4v) is 8.27. The van der Waals surface area contributed by atoms with Gasteiger partial charge in [0.05, 0.1) is 286 Å². The van der Waals surface area contributed by atoms with Crippen molar-refractivity contribution in [2.75, 3.05) is 159 Å². The smallest absolute Gasteiger partial charge is 0.324 e. The second-order valence-corrected chi connectivity index (χ2v) is 28.1. The van der Waals surface area contributed by atoms with Crippen LogP contribution in [0.4, 0.5) is 0 Å². The monoisotopic (exact) mass is 1460 g/mol. The van der Waals surface area contributed by atoms with Gasteiger partial charge in [-0.2, -0.15) is 0 Å². The minimum absolute atomic E-state index is 0.0267. The molecule has 0 spiro atoms. The van der Waals surface area contributed by atoms with E-state index in [-0.39, 0.29) is 141 Å². The number of ether oxygens (including phenoxy) is 24. The van der Waals surface area contributed by atoms with Crippen molar-refractivity contribution in [3.63, 3.8) is 0 Å². The summed E-state index contributed by atoms with van der Waals surface area (Å²) in [5.74, 6) is -0.468. The van der Waals surface area contributed by atoms with E-state index in [1.54, 1.807) is 21.0 Å². The number of methoxy groups -OCH3 is 1. The van der Waals surface area contributed by atoms with Gasteiger partial charge in [-0.3, -0.25) is 4.79 Å². The predicted molar refractivity (Wildman–Crippen MR) is 382 cm³/mol. The number of carbonyl (C=O) groups is 1. The lowest BCUT2D eigenvalue weighted by molar-refractivity contribution is -0.152. The molecule has 0 saturated heterocycles. The van der Waals surface area contributed by atoms with E-state index in [0.29, 0.717) is 145 Å². The summed E-state index contributed by atoms with van der Waals surface area (Å²) in [6, 6.07) is 0. The van der Waals surface area contributed by atoms with Gasteiger partial charge in [0.2, 0.25) is 0 Å². The van der Waals surface area contributed by atoms with Gasteiger partial charge in [-0.05, 0) is 166 Å². The molecule has 0 rings (SSSR count). The SMILES string of the molecule is COCC(C)OCC(C)OCC(C)OCC(C)OCC(C)OCC(C)OCC(C)OCC(C)OCC(C)OCC(C)OCC(C)OCC(C)OCC(C)OCC(C)OCC(C)OCC(C)OCC(C)OCC(C)OCC(C)OCC(C)OCC(C)OCC(C)OCC(C)OC(=O)C(C)Cl. The molecule has 24 atom stereocenters. The molecule has 24 unspecified atom stereocenters. The third-order valence-electron chi connectivity index (χ3n) is 14.6. The average molecular weight is 1460 g/mol. The molecule has 0 fully saturated rings. The second kappa shape index (κ2) is 60.9. The number of hydrogen-bond acceptors (Lipinski definition) is 25. The molecule has 0 heterocycles. The van der Waals surface area contributed by atoms with Gasteiger partial charge < -0.3 is 114 Å². The Kier molecular flexibility index (Phi) is 60.2. The first kappa shape index (κ1) is 97.8. The van der Waals surface area contributed by atoms with Crippen LogP contribution in [-0.4, -0.2) is 311 Å². The van der Waals surface area contributed by atoms with Crippen molar-refractivity contribution in [1.82, 2.24) is 0 Å². The van der Waals surface area contributed by atoms with E-state index in [1.165, 1.54) is 0 Å². The standard InChI is InChI=1S/C73H145ClO25/c1-49(26-76-25)77-27-50(2)78-28-51(3)79-29-52(4)80-30-53(5)81-31-54(6)82-32-55(7)83-33-56(8)84-34-57(9)85-35-58(10)86-36-59(11)87-37-60(12)88-38-61(13)89-39-62(14)90-40-63(15)91-41-64(16)92-42-65(17)93-43-66(18)94-44-67(19)95-45-68(20)96-46-69(21)97-47-70(22)98-48-71(23)99-73(75)72(24)74/h49-72H,26-48H2,1-25H3. The van der Waals surface area contributed by atoms with Crippen molar-refractivity contribution in [3.8, 4) is 0 Å². The lowest BCUT2D eigenvalue weighted by Gasteiger charge is -2.24. The summed E-state index contributed by atoms with van der Waals surface area (Å²) in [6.07, 6.45) is -2.88. The van der Waals surface area contributed by atoms with E-state index in [1.807, 2.05) is 152 Å². The van der Waals surface area contributed by atoms with Crippen LogP contribution in [0.15, 0.2) is 0 Å². The highest BCUT2D eigenvalue weighted by molar-refractivity contribution is 6.29. The number of alkyl halides is 1. The van der Waals surface area contributed by atoms with Crippen LogP contribution in [0, 0.1) is 0 Å². The van der Waals surface area contributed by atoms with Crippen LogP contribution >= 0.6 is 11.6 Å². The molecule has 0 aliphatic heterocycles. The van der Waals surface area contributed by atoms with Crippen molar-refractivity contribution in [2.45, 2.75) is 312 Å². The summed E-state index contributed by atoms with van der Waals surface area (Å²) < 4.78 is 142. The molecule has 0 radical (unpaired) electrons. The summed E-state index contributed by atoms with van der Waals surface area (Å²) in [5, 5.41) is -0.699. The van der Waals surface area contributed by atoms with Gasteiger partial charge in [-0.25, -0.2) is 0 Å². The van der Waals surface area contributed by atoms with Crippen LogP contribution < -0.4 is 0 Å². The fourth-order valence-electron chi connectivity index (χ4n) is 8.21. The molecule has 0 aliphatic carbocycles. The maximum atomic E-state index is 11.6. The molecule has 26 heteroatoms.